The highest BCUT2D eigenvalue weighted by Crippen LogP contribution is 2.16. The van der Waals surface area contributed by atoms with Crippen LogP contribution in [0.1, 0.15) is 13.8 Å². The first-order chi connectivity index (χ1) is 7.50. The molecule has 1 aromatic rings. The van der Waals surface area contributed by atoms with Crippen LogP contribution in [-0.2, 0) is 10.0 Å². The predicted molar refractivity (Wildman–Crippen MR) is 62.3 cm³/mol. The van der Waals surface area contributed by atoms with E-state index in [-0.39, 0.29) is 10.9 Å². The second-order valence-corrected chi connectivity index (χ2v) is 5.58. The lowest BCUT2D eigenvalue weighted by Crippen LogP contribution is -2.40. The third kappa shape index (κ3) is 2.78. The van der Waals surface area contributed by atoms with Crippen molar-refractivity contribution in [1.82, 2.24) is 9.29 Å². The maximum atomic E-state index is 12.2. The Balaban J connectivity index is 3.09. The first-order valence-electron chi connectivity index (χ1n) is 5.12. The molecule has 1 rings (SSSR count). The molecule has 0 aliphatic heterocycles. The summed E-state index contributed by atoms with van der Waals surface area (Å²) in [6.45, 7) is 4.26. The molecule has 0 spiro atoms. The zero-order chi connectivity index (χ0) is 12.2. The maximum absolute atomic E-state index is 12.2. The molecule has 0 aliphatic carbocycles. The minimum atomic E-state index is -3.47. The van der Waals surface area contributed by atoms with Crippen molar-refractivity contribution in [2.75, 3.05) is 13.1 Å². The van der Waals surface area contributed by atoms with Crippen LogP contribution in [0.4, 0.5) is 0 Å². The number of nitrogens with two attached hydrogens (primary N) is 1. The molecule has 0 aliphatic rings. The Bertz CT molecular complexity index is 417. The van der Waals surface area contributed by atoms with Crippen molar-refractivity contribution in [3.05, 3.63) is 24.5 Å². The van der Waals surface area contributed by atoms with E-state index in [0.717, 1.165) is 0 Å². The first kappa shape index (κ1) is 13.1. The van der Waals surface area contributed by atoms with Gasteiger partial charge in [0.05, 0.1) is 0 Å². The molecule has 2 N–H and O–H groups in total. The molecule has 0 bridgehead atoms. The van der Waals surface area contributed by atoms with Crippen molar-refractivity contribution < 1.29 is 8.42 Å². The van der Waals surface area contributed by atoms with Gasteiger partial charge in [0, 0.05) is 31.5 Å². The minimum absolute atomic E-state index is 0.117. The monoisotopic (exact) mass is 243 g/mol. The molecular formula is C10H17N3O2S. The number of aromatic nitrogens is 1. The van der Waals surface area contributed by atoms with Gasteiger partial charge in [-0.15, -0.1) is 0 Å². The molecule has 1 heterocycles. The Hall–Kier alpha value is -0.980. The van der Waals surface area contributed by atoms with Gasteiger partial charge in [0.25, 0.3) is 0 Å². The lowest BCUT2D eigenvalue weighted by Gasteiger charge is -2.25. The van der Waals surface area contributed by atoms with Crippen LogP contribution in [0.5, 0.6) is 0 Å². The summed E-state index contributed by atoms with van der Waals surface area (Å²) in [5.74, 6) is 0. The fraction of sp³-hybridized carbons (Fsp3) is 0.500. The molecule has 0 saturated carbocycles. The van der Waals surface area contributed by atoms with E-state index in [9.17, 15) is 8.42 Å². The Morgan fingerprint density at radius 1 is 1.50 bits per heavy atom. The van der Waals surface area contributed by atoms with Crippen LogP contribution in [0.3, 0.4) is 0 Å². The topological polar surface area (TPSA) is 76.3 Å². The summed E-state index contributed by atoms with van der Waals surface area (Å²) in [6, 6.07) is 3.02. The Labute approximate surface area is 96.3 Å². The maximum Gasteiger partial charge on any atom is 0.244 e. The SMILES string of the molecule is CC(C)N(CCN)S(=O)(=O)c1cccnc1. The average molecular weight is 243 g/mol. The van der Waals surface area contributed by atoms with E-state index in [1.807, 2.05) is 13.8 Å². The molecular weight excluding hydrogens is 226 g/mol. The normalized spacial score (nSPS) is 12.3. The van der Waals surface area contributed by atoms with Crippen LogP contribution in [0, 0.1) is 0 Å². The minimum Gasteiger partial charge on any atom is -0.329 e. The van der Waals surface area contributed by atoms with Crippen LogP contribution in [0.2, 0.25) is 0 Å². The van der Waals surface area contributed by atoms with E-state index in [0.29, 0.717) is 13.1 Å². The van der Waals surface area contributed by atoms with E-state index >= 15 is 0 Å². The third-order valence-corrected chi connectivity index (χ3v) is 4.23. The molecule has 0 unspecified atom stereocenters. The molecule has 1 aromatic heterocycles. The van der Waals surface area contributed by atoms with Crippen molar-refractivity contribution in [1.29, 1.82) is 0 Å². The van der Waals surface area contributed by atoms with E-state index in [4.69, 9.17) is 5.73 Å². The first-order valence-corrected chi connectivity index (χ1v) is 6.56. The number of hydrogen-bond acceptors (Lipinski definition) is 4. The van der Waals surface area contributed by atoms with Crippen LogP contribution in [0.15, 0.2) is 29.4 Å². The summed E-state index contributed by atoms with van der Waals surface area (Å²) in [7, 11) is -3.47. The zero-order valence-corrected chi connectivity index (χ0v) is 10.3. The van der Waals surface area contributed by atoms with Crippen LogP contribution >= 0.6 is 0 Å². The van der Waals surface area contributed by atoms with Crippen molar-refractivity contribution >= 4 is 10.0 Å². The molecule has 0 fully saturated rings. The summed E-state index contributed by atoms with van der Waals surface area (Å²) in [4.78, 5) is 4.02. The Morgan fingerprint density at radius 2 is 2.19 bits per heavy atom. The molecule has 5 nitrogen and oxygen atoms in total. The quantitative estimate of drug-likeness (QED) is 0.814. The van der Waals surface area contributed by atoms with Gasteiger partial charge in [0.15, 0.2) is 0 Å². The third-order valence-electron chi connectivity index (χ3n) is 2.17. The van der Waals surface area contributed by atoms with Crippen LogP contribution in [-0.4, -0.2) is 36.8 Å². The van der Waals surface area contributed by atoms with Crippen molar-refractivity contribution in [2.45, 2.75) is 24.8 Å². The number of rotatable bonds is 5. The largest absolute Gasteiger partial charge is 0.329 e. The molecule has 16 heavy (non-hydrogen) atoms. The van der Waals surface area contributed by atoms with Crippen LogP contribution < -0.4 is 5.73 Å². The smallest absolute Gasteiger partial charge is 0.244 e. The summed E-state index contributed by atoms with van der Waals surface area (Å²) >= 11 is 0. The predicted octanol–water partition coefficient (Wildman–Crippen LogP) is 0.439. The van der Waals surface area contributed by atoms with E-state index in [2.05, 4.69) is 4.98 Å². The number of pyridine rings is 1. The van der Waals surface area contributed by atoms with Gasteiger partial charge in [-0.25, -0.2) is 8.42 Å². The van der Waals surface area contributed by atoms with Gasteiger partial charge in [-0.1, -0.05) is 0 Å². The second kappa shape index (κ2) is 5.38. The second-order valence-electron chi connectivity index (χ2n) is 3.69. The summed E-state index contributed by atoms with van der Waals surface area (Å²) in [5, 5.41) is 0. The molecule has 0 saturated heterocycles. The highest BCUT2D eigenvalue weighted by Gasteiger charge is 2.26. The van der Waals surface area contributed by atoms with Gasteiger partial charge in [-0.3, -0.25) is 4.98 Å². The van der Waals surface area contributed by atoms with E-state index in [1.165, 1.54) is 16.6 Å². The molecule has 6 heteroatoms. The average Bonchev–Trinajstić information content (AvgIpc) is 2.26. The Kier molecular flexibility index (Phi) is 4.40. The van der Waals surface area contributed by atoms with E-state index < -0.39 is 10.0 Å². The highest BCUT2D eigenvalue weighted by molar-refractivity contribution is 7.89. The van der Waals surface area contributed by atoms with Crippen molar-refractivity contribution in [3.8, 4) is 0 Å². The van der Waals surface area contributed by atoms with Crippen molar-refractivity contribution in [3.63, 3.8) is 0 Å². The summed E-state index contributed by atoms with van der Waals surface area (Å²) in [5.41, 5.74) is 5.42. The highest BCUT2D eigenvalue weighted by atomic mass is 32.2. The molecule has 0 radical (unpaired) electrons. The lowest BCUT2D eigenvalue weighted by atomic mass is 10.4. The molecule has 0 atom stereocenters. The molecule has 0 aromatic carbocycles. The molecule has 90 valence electrons. The zero-order valence-electron chi connectivity index (χ0n) is 9.50. The Morgan fingerprint density at radius 3 is 2.62 bits per heavy atom. The number of hydrogen-bond donors (Lipinski definition) is 1. The summed E-state index contributed by atoms with van der Waals surface area (Å²) in [6.07, 6.45) is 2.89. The van der Waals surface area contributed by atoms with Gasteiger partial charge in [-0.2, -0.15) is 4.31 Å². The fourth-order valence-corrected chi connectivity index (χ4v) is 3.03. The van der Waals surface area contributed by atoms with Crippen molar-refractivity contribution in [2.24, 2.45) is 5.73 Å². The molecule has 0 amide bonds. The van der Waals surface area contributed by atoms with E-state index in [1.54, 1.807) is 12.3 Å². The van der Waals surface area contributed by atoms with Gasteiger partial charge in [0.2, 0.25) is 10.0 Å². The van der Waals surface area contributed by atoms with Crippen LogP contribution in [0.25, 0.3) is 0 Å². The number of nitrogens with zero attached hydrogens (tertiary/aromatic N) is 2. The number of sulfonamides is 1. The van der Waals surface area contributed by atoms with Gasteiger partial charge in [0.1, 0.15) is 4.90 Å². The van der Waals surface area contributed by atoms with Gasteiger partial charge >= 0.3 is 0 Å². The fourth-order valence-electron chi connectivity index (χ4n) is 1.42. The van der Waals surface area contributed by atoms with Gasteiger partial charge in [-0.05, 0) is 26.0 Å². The standard InChI is InChI=1S/C10H17N3O2S/c1-9(2)13(7-5-11)16(14,15)10-4-3-6-12-8-10/h3-4,6,8-9H,5,7,11H2,1-2H3. The van der Waals surface area contributed by atoms with Gasteiger partial charge < -0.3 is 5.73 Å². The summed E-state index contributed by atoms with van der Waals surface area (Å²) < 4.78 is 25.8. The lowest BCUT2D eigenvalue weighted by molar-refractivity contribution is 0.361.